The van der Waals surface area contributed by atoms with Crippen LogP contribution in [0.3, 0.4) is 0 Å². The van der Waals surface area contributed by atoms with E-state index in [4.69, 9.17) is 0 Å². The zero-order chi connectivity index (χ0) is 18.3. The molecular weight excluding hydrogens is 330 g/mol. The number of aromatic nitrogens is 1. The van der Waals surface area contributed by atoms with Crippen molar-refractivity contribution in [1.29, 1.82) is 0 Å². The molecule has 1 saturated carbocycles. The highest BCUT2D eigenvalue weighted by Crippen LogP contribution is 2.28. The van der Waals surface area contributed by atoms with Gasteiger partial charge in [0.1, 0.15) is 5.57 Å². The lowest BCUT2D eigenvalue weighted by Crippen LogP contribution is -2.57. The molecule has 0 bridgehead atoms. The van der Waals surface area contributed by atoms with Gasteiger partial charge >= 0.3 is 6.03 Å². The van der Waals surface area contributed by atoms with E-state index in [1.54, 1.807) is 6.08 Å². The van der Waals surface area contributed by atoms with Crippen LogP contribution in [0.15, 0.2) is 36.0 Å². The van der Waals surface area contributed by atoms with Crippen molar-refractivity contribution < 1.29 is 14.4 Å². The van der Waals surface area contributed by atoms with Crippen molar-refractivity contribution in [2.24, 2.45) is 0 Å². The average Bonchev–Trinajstić information content (AvgIpc) is 3.26. The van der Waals surface area contributed by atoms with Crippen molar-refractivity contribution in [3.05, 3.63) is 41.6 Å². The smallest absolute Gasteiger partial charge is 0.331 e. The van der Waals surface area contributed by atoms with E-state index < -0.39 is 17.8 Å². The summed E-state index contributed by atoms with van der Waals surface area (Å²) in [6, 6.07) is 7.17. The predicted octanol–water partition coefficient (Wildman–Crippen LogP) is 3.07. The van der Waals surface area contributed by atoms with Crippen LogP contribution in [-0.4, -0.2) is 33.4 Å². The Kier molecular flexibility index (Phi) is 4.11. The molecule has 2 aliphatic rings. The highest BCUT2D eigenvalue weighted by Gasteiger charge is 2.40. The van der Waals surface area contributed by atoms with Crippen LogP contribution in [0.25, 0.3) is 17.0 Å². The predicted molar refractivity (Wildman–Crippen MR) is 98.2 cm³/mol. The lowest BCUT2D eigenvalue weighted by Gasteiger charge is -2.31. The van der Waals surface area contributed by atoms with Gasteiger partial charge in [0, 0.05) is 35.2 Å². The summed E-state index contributed by atoms with van der Waals surface area (Å²) in [6.07, 6.45) is 7.15. The number of para-hydroxylation sites is 1. The van der Waals surface area contributed by atoms with Crippen molar-refractivity contribution in [3.63, 3.8) is 0 Å². The first-order chi connectivity index (χ1) is 12.6. The van der Waals surface area contributed by atoms with Crippen molar-refractivity contribution in [2.75, 3.05) is 0 Å². The summed E-state index contributed by atoms with van der Waals surface area (Å²) in [4.78, 5) is 38.7. The molecule has 2 heterocycles. The molecule has 4 amide bonds. The Morgan fingerprint density at radius 2 is 1.88 bits per heavy atom. The number of urea groups is 1. The van der Waals surface area contributed by atoms with E-state index >= 15 is 0 Å². The van der Waals surface area contributed by atoms with Gasteiger partial charge in [0.15, 0.2) is 0 Å². The number of amides is 4. The van der Waals surface area contributed by atoms with Crippen LogP contribution in [0.1, 0.15) is 38.2 Å². The lowest BCUT2D eigenvalue weighted by molar-refractivity contribution is -0.131. The van der Waals surface area contributed by atoms with Crippen molar-refractivity contribution in [2.45, 2.75) is 45.2 Å². The molecule has 6 heteroatoms. The topological polar surface area (TPSA) is 71.4 Å². The second kappa shape index (κ2) is 6.44. The molecule has 2 fully saturated rings. The molecule has 2 aromatic rings. The van der Waals surface area contributed by atoms with Crippen molar-refractivity contribution >= 4 is 34.8 Å². The first-order valence-corrected chi connectivity index (χ1v) is 9.08. The summed E-state index contributed by atoms with van der Waals surface area (Å²) in [5, 5.41) is 3.31. The Morgan fingerprint density at radius 1 is 1.15 bits per heavy atom. The highest BCUT2D eigenvalue weighted by molar-refractivity contribution is 6.31. The van der Waals surface area contributed by atoms with Crippen LogP contribution < -0.4 is 5.32 Å². The van der Waals surface area contributed by atoms with E-state index in [0.29, 0.717) is 0 Å². The van der Waals surface area contributed by atoms with Crippen LogP contribution in [0, 0.1) is 0 Å². The minimum Gasteiger partial charge on any atom is -0.347 e. The number of aryl methyl sites for hydroxylation is 1. The molecule has 0 atom stereocenters. The summed E-state index contributed by atoms with van der Waals surface area (Å²) in [5.74, 6) is -1.11. The Balaban J connectivity index is 1.77. The van der Waals surface area contributed by atoms with Gasteiger partial charge in [0.2, 0.25) is 0 Å². The van der Waals surface area contributed by atoms with Gasteiger partial charge in [-0.2, -0.15) is 0 Å². The zero-order valence-corrected chi connectivity index (χ0v) is 14.7. The van der Waals surface area contributed by atoms with Crippen LogP contribution in [-0.2, 0) is 16.1 Å². The number of benzene rings is 1. The maximum Gasteiger partial charge on any atom is 0.331 e. The molecule has 134 valence electrons. The number of hydrogen-bond acceptors (Lipinski definition) is 3. The van der Waals surface area contributed by atoms with Gasteiger partial charge in [-0.15, -0.1) is 0 Å². The number of barbiturate groups is 1. The van der Waals surface area contributed by atoms with Gasteiger partial charge in [-0.1, -0.05) is 31.0 Å². The molecule has 1 aliphatic carbocycles. The summed E-state index contributed by atoms with van der Waals surface area (Å²) in [6.45, 7) is 2.83. The SMILES string of the molecule is CCn1cc(/C=C2/C(=O)NC(=O)N(C3CCCC3)C2=O)c2ccccc21. The largest absolute Gasteiger partial charge is 0.347 e. The van der Waals surface area contributed by atoms with E-state index in [1.807, 2.05) is 37.4 Å². The average molecular weight is 351 g/mol. The lowest BCUT2D eigenvalue weighted by atomic mass is 10.0. The second-order valence-corrected chi connectivity index (χ2v) is 6.82. The second-order valence-electron chi connectivity index (χ2n) is 6.82. The Labute approximate surface area is 151 Å². The molecule has 6 nitrogen and oxygen atoms in total. The van der Waals surface area contributed by atoms with Gasteiger partial charge in [0.05, 0.1) is 0 Å². The number of imide groups is 2. The van der Waals surface area contributed by atoms with E-state index in [0.717, 1.165) is 48.7 Å². The van der Waals surface area contributed by atoms with E-state index in [2.05, 4.69) is 9.88 Å². The molecule has 0 radical (unpaired) electrons. The van der Waals surface area contributed by atoms with Crippen LogP contribution in [0.4, 0.5) is 4.79 Å². The minimum atomic E-state index is -0.623. The fraction of sp³-hybridized carbons (Fsp3) is 0.350. The van der Waals surface area contributed by atoms with Crippen LogP contribution in [0.5, 0.6) is 0 Å². The monoisotopic (exact) mass is 351 g/mol. The molecule has 1 saturated heterocycles. The first-order valence-electron chi connectivity index (χ1n) is 9.08. The number of nitrogens with zero attached hydrogens (tertiary/aromatic N) is 2. The molecule has 1 aromatic carbocycles. The van der Waals surface area contributed by atoms with Gasteiger partial charge in [-0.3, -0.25) is 19.8 Å². The van der Waals surface area contributed by atoms with Gasteiger partial charge in [-0.05, 0) is 31.9 Å². The molecule has 1 aliphatic heterocycles. The van der Waals surface area contributed by atoms with E-state index in [1.165, 1.54) is 4.90 Å². The van der Waals surface area contributed by atoms with E-state index in [9.17, 15) is 14.4 Å². The van der Waals surface area contributed by atoms with Crippen LogP contribution in [0.2, 0.25) is 0 Å². The Bertz CT molecular complexity index is 935. The number of rotatable bonds is 3. The number of fused-ring (bicyclic) bond motifs is 1. The van der Waals surface area contributed by atoms with Crippen molar-refractivity contribution in [1.82, 2.24) is 14.8 Å². The normalized spacial score (nSPS) is 20.4. The highest BCUT2D eigenvalue weighted by atomic mass is 16.2. The standard InChI is InChI=1S/C20H21N3O3/c1-2-22-12-13(15-9-5-6-10-17(15)22)11-16-18(24)21-20(26)23(19(16)25)14-7-3-4-8-14/h5-6,9-12,14H,2-4,7-8H2,1H3,(H,21,24,26)/b16-11-. The Hall–Kier alpha value is -2.89. The fourth-order valence-corrected chi connectivity index (χ4v) is 3.97. The molecule has 0 unspecified atom stereocenters. The van der Waals surface area contributed by atoms with E-state index in [-0.39, 0.29) is 11.6 Å². The quantitative estimate of drug-likeness (QED) is 0.682. The molecular formula is C20H21N3O3. The third kappa shape index (κ3) is 2.62. The number of carbonyl (C=O) groups is 3. The first kappa shape index (κ1) is 16.6. The summed E-state index contributed by atoms with van der Waals surface area (Å²) in [7, 11) is 0. The third-order valence-corrected chi connectivity index (χ3v) is 5.28. The maximum atomic E-state index is 12.9. The molecule has 0 spiro atoms. The minimum absolute atomic E-state index is 0.0236. The van der Waals surface area contributed by atoms with Crippen LogP contribution >= 0.6 is 0 Å². The fourth-order valence-electron chi connectivity index (χ4n) is 3.97. The molecule has 1 N–H and O–H groups in total. The van der Waals surface area contributed by atoms with Crippen molar-refractivity contribution in [3.8, 4) is 0 Å². The summed E-state index contributed by atoms with van der Waals surface area (Å²) >= 11 is 0. The van der Waals surface area contributed by atoms with Gasteiger partial charge < -0.3 is 4.57 Å². The number of hydrogen-bond donors (Lipinski definition) is 1. The molecule has 1 aromatic heterocycles. The third-order valence-electron chi connectivity index (χ3n) is 5.28. The zero-order valence-electron chi connectivity index (χ0n) is 14.7. The summed E-state index contributed by atoms with van der Waals surface area (Å²) in [5.41, 5.74) is 1.88. The van der Waals surface area contributed by atoms with Gasteiger partial charge in [-0.25, -0.2) is 4.79 Å². The molecule has 26 heavy (non-hydrogen) atoms. The molecule has 4 rings (SSSR count). The number of carbonyl (C=O) groups excluding carboxylic acids is 3. The maximum absolute atomic E-state index is 12.9. The summed E-state index contributed by atoms with van der Waals surface area (Å²) < 4.78 is 2.08. The Morgan fingerprint density at radius 3 is 2.62 bits per heavy atom. The number of nitrogens with one attached hydrogen (secondary N) is 1. The van der Waals surface area contributed by atoms with Gasteiger partial charge in [0.25, 0.3) is 11.8 Å².